The molecule has 2 aliphatic rings. The molecule has 0 spiro atoms. The first-order valence-electron chi connectivity index (χ1n) is 10.2. The number of nitrogens with one attached hydrogen (secondary N) is 2. The molecule has 1 fully saturated rings. The van der Waals surface area contributed by atoms with Crippen molar-refractivity contribution in [1.82, 2.24) is 10.6 Å². The SMILES string of the molecule is COC(=O)C[C@H](NC(=O)[C@@H]1[C@H](C(=O)N[C@@H](CC(=O)OC)C(=O)OC)[C@@H]2C=C[C@H]1C2)C(=O)OC. The Hall–Kier alpha value is -3.44. The second kappa shape index (κ2) is 11.4. The van der Waals surface area contributed by atoms with E-state index >= 15 is 0 Å². The lowest BCUT2D eigenvalue weighted by atomic mass is 9.81. The fourth-order valence-corrected chi connectivity index (χ4v) is 4.24. The van der Waals surface area contributed by atoms with Gasteiger partial charge in [-0.2, -0.15) is 0 Å². The van der Waals surface area contributed by atoms with Crippen molar-refractivity contribution in [3.8, 4) is 0 Å². The van der Waals surface area contributed by atoms with Gasteiger partial charge in [0.25, 0.3) is 0 Å². The monoisotopic (exact) mass is 468 g/mol. The number of hydrogen-bond acceptors (Lipinski definition) is 10. The summed E-state index contributed by atoms with van der Waals surface area (Å²) >= 11 is 0. The molecule has 2 N–H and O–H groups in total. The number of rotatable bonds is 10. The fourth-order valence-electron chi connectivity index (χ4n) is 4.24. The van der Waals surface area contributed by atoms with E-state index in [1.807, 2.05) is 12.2 Å². The maximum atomic E-state index is 13.1. The van der Waals surface area contributed by atoms with Crippen LogP contribution in [0.1, 0.15) is 19.3 Å². The van der Waals surface area contributed by atoms with Crippen LogP contribution in [-0.2, 0) is 47.7 Å². The number of amides is 2. The Labute approximate surface area is 190 Å². The lowest BCUT2D eigenvalue weighted by Gasteiger charge is -2.29. The van der Waals surface area contributed by atoms with Crippen molar-refractivity contribution in [1.29, 1.82) is 0 Å². The van der Waals surface area contributed by atoms with Crippen LogP contribution in [0.15, 0.2) is 12.2 Å². The number of hydrogen-bond donors (Lipinski definition) is 2. The van der Waals surface area contributed by atoms with Crippen LogP contribution in [0.5, 0.6) is 0 Å². The summed E-state index contributed by atoms with van der Waals surface area (Å²) in [5.74, 6) is -6.63. The minimum Gasteiger partial charge on any atom is -0.469 e. The molecule has 2 bridgehead atoms. The maximum Gasteiger partial charge on any atom is 0.328 e. The van der Waals surface area contributed by atoms with Gasteiger partial charge in [0, 0.05) is 0 Å². The highest BCUT2D eigenvalue weighted by molar-refractivity contribution is 5.95. The molecule has 2 amide bonds. The van der Waals surface area contributed by atoms with Crippen molar-refractivity contribution in [2.45, 2.75) is 31.3 Å². The summed E-state index contributed by atoms with van der Waals surface area (Å²) in [7, 11) is 4.52. The van der Waals surface area contributed by atoms with Crippen molar-refractivity contribution in [3.63, 3.8) is 0 Å². The molecule has 33 heavy (non-hydrogen) atoms. The molecule has 0 saturated heterocycles. The summed E-state index contributed by atoms with van der Waals surface area (Å²) in [5, 5.41) is 4.96. The molecule has 6 atom stereocenters. The quantitative estimate of drug-likeness (QED) is 0.228. The second-order valence-electron chi connectivity index (χ2n) is 7.73. The molecular weight excluding hydrogens is 440 g/mol. The fraction of sp³-hybridized carbons (Fsp3) is 0.619. The molecule has 12 heteroatoms. The third-order valence-corrected chi connectivity index (χ3v) is 5.87. The molecule has 2 rings (SSSR count). The van der Waals surface area contributed by atoms with E-state index in [2.05, 4.69) is 29.6 Å². The van der Waals surface area contributed by atoms with E-state index in [1.165, 1.54) is 0 Å². The van der Waals surface area contributed by atoms with Crippen LogP contribution in [0.3, 0.4) is 0 Å². The van der Waals surface area contributed by atoms with Crippen molar-refractivity contribution in [2.75, 3.05) is 28.4 Å². The van der Waals surface area contributed by atoms with Crippen LogP contribution in [0.4, 0.5) is 0 Å². The summed E-state index contributed by atoms with van der Waals surface area (Å²) in [6.07, 6.45) is 3.28. The Balaban J connectivity index is 2.19. The van der Waals surface area contributed by atoms with Gasteiger partial charge in [0.2, 0.25) is 11.8 Å². The molecule has 0 heterocycles. The van der Waals surface area contributed by atoms with Gasteiger partial charge in [0.1, 0.15) is 12.1 Å². The van der Waals surface area contributed by atoms with Gasteiger partial charge in [-0.1, -0.05) is 12.2 Å². The molecule has 0 radical (unpaired) electrons. The minimum absolute atomic E-state index is 0.278. The summed E-state index contributed by atoms with van der Waals surface area (Å²) < 4.78 is 18.4. The van der Waals surface area contributed by atoms with Crippen molar-refractivity contribution in [2.24, 2.45) is 23.7 Å². The number of carbonyl (C=O) groups is 6. The van der Waals surface area contributed by atoms with Crippen molar-refractivity contribution in [3.05, 3.63) is 12.2 Å². The standard InChI is InChI=1S/C21H28N2O10/c1-30-14(24)8-12(20(28)32-3)22-18(26)16-10-5-6-11(7-10)17(16)19(27)23-13(21(29)33-4)9-15(25)31-2/h5-6,10-13,16-17H,7-9H2,1-4H3,(H,22,26)(H,23,27)/t10-,11+,12-,13-,16-,17+/m0/s1. The molecule has 2 aliphatic carbocycles. The molecule has 1 saturated carbocycles. The molecule has 0 aromatic heterocycles. The average Bonchev–Trinajstić information content (AvgIpc) is 3.43. The van der Waals surface area contributed by atoms with E-state index < -0.39 is 72.5 Å². The molecule has 0 aliphatic heterocycles. The summed E-state index contributed by atoms with van der Waals surface area (Å²) in [6.45, 7) is 0. The Morgan fingerprint density at radius 3 is 1.36 bits per heavy atom. The number of fused-ring (bicyclic) bond motifs is 2. The summed E-state index contributed by atoms with van der Waals surface area (Å²) in [6, 6.07) is -2.58. The number of esters is 4. The minimum atomic E-state index is -1.29. The van der Waals surface area contributed by atoms with E-state index in [1.54, 1.807) is 0 Å². The average molecular weight is 468 g/mol. The summed E-state index contributed by atoms with van der Waals surface area (Å²) in [5.41, 5.74) is 0. The molecule has 0 unspecified atom stereocenters. The van der Waals surface area contributed by atoms with Gasteiger partial charge in [0.15, 0.2) is 0 Å². The van der Waals surface area contributed by atoms with E-state index in [-0.39, 0.29) is 11.8 Å². The predicted molar refractivity (Wildman–Crippen MR) is 109 cm³/mol. The highest BCUT2D eigenvalue weighted by Gasteiger charge is 2.52. The Morgan fingerprint density at radius 1 is 0.697 bits per heavy atom. The zero-order chi connectivity index (χ0) is 24.7. The third-order valence-electron chi connectivity index (χ3n) is 5.87. The number of allylic oxidation sites excluding steroid dienone is 2. The van der Waals surface area contributed by atoms with Crippen LogP contribution in [0.25, 0.3) is 0 Å². The van der Waals surface area contributed by atoms with Crippen LogP contribution >= 0.6 is 0 Å². The van der Waals surface area contributed by atoms with Crippen LogP contribution in [0, 0.1) is 23.7 Å². The topological polar surface area (TPSA) is 163 Å². The van der Waals surface area contributed by atoms with Gasteiger partial charge < -0.3 is 29.6 Å². The lowest BCUT2D eigenvalue weighted by molar-refractivity contribution is -0.152. The van der Waals surface area contributed by atoms with Crippen molar-refractivity contribution >= 4 is 35.7 Å². The Bertz CT molecular complexity index is 773. The number of carbonyl (C=O) groups excluding carboxylic acids is 6. The van der Waals surface area contributed by atoms with Gasteiger partial charge in [0.05, 0.1) is 53.1 Å². The van der Waals surface area contributed by atoms with Gasteiger partial charge in [-0.25, -0.2) is 9.59 Å². The molecule has 12 nitrogen and oxygen atoms in total. The molecule has 182 valence electrons. The highest BCUT2D eigenvalue weighted by atomic mass is 16.5. The van der Waals surface area contributed by atoms with Gasteiger partial charge in [-0.3, -0.25) is 19.2 Å². The predicted octanol–water partition coefficient (Wildman–Crippen LogP) is -1.13. The molecule has 0 aromatic carbocycles. The van der Waals surface area contributed by atoms with Crippen molar-refractivity contribution < 1.29 is 47.7 Å². The zero-order valence-corrected chi connectivity index (χ0v) is 18.8. The smallest absolute Gasteiger partial charge is 0.328 e. The summed E-state index contributed by atoms with van der Waals surface area (Å²) in [4.78, 5) is 73.5. The maximum absolute atomic E-state index is 13.1. The first kappa shape index (κ1) is 25.8. The van der Waals surface area contributed by atoms with Crippen LogP contribution in [0.2, 0.25) is 0 Å². The Morgan fingerprint density at radius 2 is 1.06 bits per heavy atom. The normalized spacial score (nSPS) is 24.2. The third kappa shape index (κ3) is 6.08. The van der Waals surface area contributed by atoms with Crippen LogP contribution < -0.4 is 10.6 Å². The first-order valence-corrected chi connectivity index (χ1v) is 10.2. The molecule has 0 aromatic rings. The van der Waals surface area contributed by atoms with Gasteiger partial charge >= 0.3 is 23.9 Å². The first-order chi connectivity index (χ1) is 15.7. The number of methoxy groups -OCH3 is 4. The van der Waals surface area contributed by atoms with E-state index in [9.17, 15) is 28.8 Å². The Kier molecular flexibility index (Phi) is 8.94. The van der Waals surface area contributed by atoms with E-state index in [0.29, 0.717) is 6.42 Å². The highest BCUT2D eigenvalue weighted by Crippen LogP contribution is 2.48. The zero-order valence-electron chi connectivity index (χ0n) is 18.8. The van der Waals surface area contributed by atoms with E-state index in [4.69, 9.17) is 0 Å². The number of ether oxygens (including phenoxy) is 4. The lowest BCUT2D eigenvalue weighted by Crippen LogP contribution is -2.52. The molecular formula is C21H28N2O10. The largest absolute Gasteiger partial charge is 0.469 e. The second-order valence-corrected chi connectivity index (χ2v) is 7.73. The van der Waals surface area contributed by atoms with Crippen LogP contribution in [-0.4, -0.2) is 76.2 Å². The van der Waals surface area contributed by atoms with Gasteiger partial charge in [-0.05, 0) is 18.3 Å². The van der Waals surface area contributed by atoms with E-state index in [0.717, 1.165) is 28.4 Å². The van der Waals surface area contributed by atoms with Gasteiger partial charge in [-0.15, -0.1) is 0 Å².